The number of amides is 6. The molecule has 2 rings (SSSR count). The summed E-state index contributed by atoms with van der Waals surface area (Å²) >= 11 is 0. The fourth-order valence-electron chi connectivity index (χ4n) is 5.41. The van der Waals surface area contributed by atoms with Gasteiger partial charge in [-0.25, -0.2) is 19.4 Å². The minimum atomic E-state index is -1.05. The Morgan fingerprint density at radius 1 is 0.744 bits per heavy atom. The number of carbonyl (C=O) groups is 6. The quantitative estimate of drug-likeness (QED) is 0.140. The number of urea groups is 2. The van der Waals surface area contributed by atoms with Gasteiger partial charge in [0, 0.05) is 36.8 Å². The van der Waals surface area contributed by atoms with Gasteiger partial charge in [-0.05, 0) is 39.5 Å². The van der Waals surface area contributed by atoms with E-state index >= 15 is 0 Å². The van der Waals surface area contributed by atoms with Crippen LogP contribution >= 0.6 is 0 Å². The van der Waals surface area contributed by atoms with Crippen LogP contribution < -0.4 is 0 Å². The van der Waals surface area contributed by atoms with Crippen molar-refractivity contribution in [3.8, 4) is 0 Å². The number of hydrogen-bond acceptors (Lipinski definition) is 6. The Balaban J connectivity index is 1.95. The molecule has 2 fully saturated rings. The lowest BCUT2D eigenvalue weighted by molar-refractivity contribution is -0.140. The molecule has 2 heterocycles. The number of aldehydes is 1. The molecule has 2 aliphatic rings. The monoisotopic (exact) mass is 548 g/mol. The number of carbonyl (C=O) groups excluding carboxylic acids is 6. The molecule has 0 bridgehead atoms. The van der Waals surface area contributed by atoms with E-state index in [4.69, 9.17) is 0 Å². The van der Waals surface area contributed by atoms with Crippen molar-refractivity contribution in [2.45, 2.75) is 112 Å². The van der Waals surface area contributed by atoms with Crippen LogP contribution in [0.4, 0.5) is 9.59 Å². The summed E-state index contributed by atoms with van der Waals surface area (Å²) in [6.45, 7) is 11.7. The van der Waals surface area contributed by atoms with Crippen LogP contribution in [0, 0.1) is 10.8 Å². The van der Waals surface area contributed by atoms with Gasteiger partial charge in [-0.15, -0.1) is 0 Å². The van der Waals surface area contributed by atoms with Crippen molar-refractivity contribution in [2.75, 3.05) is 26.2 Å². The highest BCUT2D eigenvalue weighted by atomic mass is 16.2. The molecule has 10 nitrogen and oxygen atoms in total. The lowest BCUT2D eigenvalue weighted by Gasteiger charge is -2.43. The van der Waals surface area contributed by atoms with Crippen molar-refractivity contribution >= 4 is 35.9 Å². The zero-order valence-electron chi connectivity index (χ0n) is 24.8. The van der Waals surface area contributed by atoms with Gasteiger partial charge in [-0.3, -0.25) is 14.4 Å². The molecule has 0 aromatic carbocycles. The van der Waals surface area contributed by atoms with Gasteiger partial charge in [0.25, 0.3) is 11.8 Å². The molecule has 0 atom stereocenters. The summed E-state index contributed by atoms with van der Waals surface area (Å²) in [5, 5.41) is 0. The first-order valence-corrected chi connectivity index (χ1v) is 14.5. The smallest absolute Gasteiger partial charge is 0.315 e. The van der Waals surface area contributed by atoms with Crippen LogP contribution in [0.5, 0.6) is 0 Å². The molecule has 10 heteroatoms. The lowest BCUT2D eigenvalue weighted by Crippen LogP contribution is -2.60. The van der Waals surface area contributed by atoms with Crippen LogP contribution in [0.2, 0.25) is 0 Å². The maximum atomic E-state index is 13.1. The number of ketones is 1. The van der Waals surface area contributed by atoms with Gasteiger partial charge in [0.1, 0.15) is 31.3 Å². The molecule has 0 radical (unpaired) electrons. The van der Waals surface area contributed by atoms with Crippen LogP contribution in [0.3, 0.4) is 0 Å². The average molecular weight is 549 g/mol. The molecule has 6 amide bonds. The molecule has 0 aromatic rings. The first-order valence-electron chi connectivity index (χ1n) is 14.5. The van der Waals surface area contributed by atoms with Crippen LogP contribution in [-0.2, 0) is 19.2 Å². The highest BCUT2D eigenvalue weighted by Crippen LogP contribution is 2.37. The van der Waals surface area contributed by atoms with Crippen molar-refractivity contribution in [3.63, 3.8) is 0 Å². The lowest BCUT2D eigenvalue weighted by atomic mass is 9.81. The van der Waals surface area contributed by atoms with Crippen LogP contribution in [0.25, 0.3) is 0 Å². The van der Waals surface area contributed by atoms with Crippen LogP contribution in [-0.4, -0.2) is 87.9 Å². The second-order valence-corrected chi connectivity index (χ2v) is 12.2. The summed E-state index contributed by atoms with van der Waals surface area (Å²) < 4.78 is 0. The number of nitrogens with zero attached hydrogens (tertiary/aromatic N) is 4. The molecule has 0 aromatic heterocycles. The normalized spacial score (nSPS) is 16.9. The van der Waals surface area contributed by atoms with E-state index < -0.39 is 35.5 Å². The number of Topliss-reactive ketones (excluding diaryl/α,β-unsaturated/α-hetero) is 1. The van der Waals surface area contributed by atoms with Gasteiger partial charge < -0.3 is 14.6 Å². The molecule has 0 N–H and O–H groups in total. The molecular formula is C29H48N4O6. The van der Waals surface area contributed by atoms with E-state index in [9.17, 15) is 28.8 Å². The molecule has 0 unspecified atom stereocenters. The van der Waals surface area contributed by atoms with E-state index in [-0.39, 0.29) is 24.3 Å². The molecule has 0 saturated carbocycles. The summed E-state index contributed by atoms with van der Waals surface area (Å²) in [5.74, 6) is -0.692. The zero-order valence-corrected chi connectivity index (χ0v) is 24.8. The third kappa shape index (κ3) is 8.35. The summed E-state index contributed by atoms with van der Waals surface area (Å²) in [7, 11) is 0. The molecule has 0 spiro atoms. The second-order valence-electron chi connectivity index (χ2n) is 12.2. The predicted octanol–water partition coefficient (Wildman–Crippen LogP) is 4.60. The topological polar surface area (TPSA) is 115 Å². The van der Waals surface area contributed by atoms with Gasteiger partial charge in [0.05, 0.1) is 0 Å². The maximum Gasteiger partial charge on any atom is 0.328 e. The standard InChI is InChI=1S/C29H48N4O6/c1-7-30-19-23(36)32(26(30)38)25(33-24(37)20-31(8-2)27(33)39)29(5,6)18-14-16-22(35)15-12-10-9-11-13-17-28(3,4)21-34/h21,25H,7-20H2,1-6H3. The maximum absolute atomic E-state index is 13.1. The third-order valence-electron chi connectivity index (χ3n) is 7.97. The fraction of sp³-hybridized carbons (Fsp3) is 0.793. The summed E-state index contributed by atoms with van der Waals surface area (Å²) in [6.07, 6.45) is 7.60. The number of imide groups is 2. The van der Waals surface area contributed by atoms with E-state index in [1.165, 1.54) is 9.80 Å². The van der Waals surface area contributed by atoms with E-state index in [1.807, 2.05) is 27.7 Å². The number of unbranched alkanes of at least 4 members (excludes halogenated alkanes) is 4. The summed E-state index contributed by atoms with van der Waals surface area (Å²) in [4.78, 5) is 80.6. The van der Waals surface area contributed by atoms with Gasteiger partial charge in [0.2, 0.25) is 0 Å². The van der Waals surface area contributed by atoms with Crippen LogP contribution in [0.15, 0.2) is 0 Å². The molecule has 2 aliphatic heterocycles. The first kappa shape index (κ1) is 32.4. The highest BCUT2D eigenvalue weighted by molar-refractivity contribution is 6.06. The van der Waals surface area contributed by atoms with Crippen molar-refractivity contribution < 1.29 is 28.8 Å². The van der Waals surface area contributed by atoms with Crippen LogP contribution in [0.1, 0.15) is 106 Å². The average Bonchev–Trinajstić information content (AvgIpc) is 3.32. The molecular weight excluding hydrogens is 500 g/mol. The van der Waals surface area contributed by atoms with Crippen molar-refractivity contribution in [1.29, 1.82) is 0 Å². The van der Waals surface area contributed by atoms with Gasteiger partial charge in [-0.1, -0.05) is 53.4 Å². The third-order valence-corrected chi connectivity index (χ3v) is 7.97. The van der Waals surface area contributed by atoms with E-state index in [0.29, 0.717) is 38.8 Å². The largest absolute Gasteiger partial charge is 0.328 e. The Morgan fingerprint density at radius 2 is 1.21 bits per heavy atom. The summed E-state index contributed by atoms with van der Waals surface area (Å²) in [5.41, 5.74) is -1.07. The second kappa shape index (κ2) is 14.0. The SMILES string of the molecule is CCN1CC(=O)N(C(N2C(=O)CN(CC)C2=O)C(C)(C)CCCC(=O)CCCCCCCC(C)(C)C=O)C1=O. The van der Waals surface area contributed by atoms with E-state index in [1.54, 1.807) is 13.8 Å². The Kier molecular flexibility index (Phi) is 11.7. The Morgan fingerprint density at radius 3 is 1.67 bits per heavy atom. The van der Waals surface area contributed by atoms with Gasteiger partial charge in [-0.2, -0.15) is 0 Å². The number of hydrogen-bond donors (Lipinski definition) is 0. The van der Waals surface area contributed by atoms with E-state index in [2.05, 4.69) is 0 Å². The predicted molar refractivity (Wildman–Crippen MR) is 148 cm³/mol. The van der Waals surface area contributed by atoms with Gasteiger partial charge >= 0.3 is 12.1 Å². The molecule has 0 aliphatic carbocycles. The Hall–Kier alpha value is -2.78. The minimum Gasteiger partial charge on any atom is -0.315 e. The van der Waals surface area contributed by atoms with Crippen molar-refractivity contribution in [2.24, 2.45) is 10.8 Å². The van der Waals surface area contributed by atoms with Crippen molar-refractivity contribution in [1.82, 2.24) is 19.6 Å². The zero-order chi connectivity index (χ0) is 29.4. The minimum absolute atomic E-state index is 0.0804. The Labute approximate surface area is 233 Å². The van der Waals surface area contributed by atoms with Gasteiger partial charge in [0.15, 0.2) is 0 Å². The van der Waals surface area contributed by atoms with E-state index in [0.717, 1.165) is 54.6 Å². The summed E-state index contributed by atoms with van der Waals surface area (Å²) in [6, 6.07) is -0.996. The molecule has 39 heavy (non-hydrogen) atoms. The number of likely N-dealkylation sites (N-methyl/N-ethyl adjacent to an activating group) is 2. The molecule has 220 valence electrons. The fourth-order valence-corrected chi connectivity index (χ4v) is 5.41. The highest BCUT2D eigenvalue weighted by Gasteiger charge is 2.54. The molecule has 2 saturated heterocycles. The Bertz CT molecular complexity index is 889. The first-order chi connectivity index (χ1) is 18.3. The number of rotatable bonds is 18. The van der Waals surface area contributed by atoms with Crippen molar-refractivity contribution in [3.05, 3.63) is 0 Å².